The third-order valence-corrected chi connectivity index (χ3v) is 3.27. The molecule has 18 heavy (non-hydrogen) atoms. The molecule has 0 radical (unpaired) electrons. The van der Waals surface area contributed by atoms with Gasteiger partial charge < -0.3 is 10.0 Å². The Morgan fingerprint density at radius 2 is 2.00 bits per heavy atom. The van der Waals surface area contributed by atoms with Gasteiger partial charge in [0.25, 0.3) is 0 Å². The minimum atomic E-state index is -2.25. The number of likely N-dealkylation sites (tertiary alicyclic amines) is 1. The number of carboxylic acids is 1. The van der Waals surface area contributed by atoms with Gasteiger partial charge in [0.2, 0.25) is 11.6 Å². The van der Waals surface area contributed by atoms with E-state index < -0.39 is 11.6 Å². The second-order valence-corrected chi connectivity index (χ2v) is 6.25. The topological polar surface area (TPSA) is 57.6 Å². The molecular weight excluding hydrogens is 237 g/mol. The van der Waals surface area contributed by atoms with E-state index >= 15 is 0 Å². The molecule has 1 unspecified atom stereocenters. The Morgan fingerprint density at radius 1 is 1.39 bits per heavy atom. The van der Waals surface area contributed by atoms with Crippen molar-refractivity contribution in [1.82, 2.24) is 4.90 Å². The van der Waals surface area contributed by atoms with Gasteiger partial charge in [-0.05, 0) is 18.3 Å². The second-order valence-electron chi connectivity index (χ2n) is 6.25. The number of alkyl halides is 1. The molecular formula is C13H22FNO3. The summed E-state index contributed by atoms with van der Waals surface area (Å²) in [6.07, 6.45) is 1.94. The molecule has 4 nitrogen and oxygen atoms in total. The molecule has 0 aliphatic carbocycles. The average molecular weight is 259 g/mol. The Kier molecular flexibility index (Phi) is 4.35. The molecule has 1 rings (SSSR count). The van der Waals surface area contributed by atoms with E-state index in [1.165, 1.54) is 4.90 Å². The van der Waals surface area contributed by atoms with Gasteiger partial charge >= 0.3 is 5.97 Å². The fraction of sp³-hybridized carbons (Fsp3) is 0.846. The summed E-state index contributed by atoms with van der Waals surface area (Å²) in [5.74, 6) is -1.60. The molecule has 1 heterocycles. The van der Waals surface area contributed by atoms with Gasteiger partial charge in [-0.3, -0.25) is 4.79 Å². The number of carboxylic acid groups (broad SMARTS) is 1. The lowest BCUT2D eigenvalue weighted by Gasteiger charge is -2.20. The number of rotatable bonds is 4. The molecule has 0 spiro atoms. The van der Waals surface area contributed by atoms with Crippen LogP contribution in [0.15, 0.2) is 0 Å². The van der Waals surface area contributed by atoms with Crippen LogP contribution in [0.3, 0.4) is 0 Å². The number of nitrogens with zero attached hydrogens (tertiary/aromatic N) is 1. The summed E-state index contributed by atoms with van der Waals surface area (Å²) in [4.78, 5) is 23.9. The van der Waals surface area contributed by atoms with Gasteiger partial charge in [0, 0.05) is 19.4 Å². The predicted octanol–water partition coefficient (Wildman–Crippen LogP) is 2.23. The standard InChI is InChI=1S/C13H22FNO3/c1-12(2,3)6-4-5-10(16)15-8-7-13(14,9-15)11(17)18/h4-9H2,1-3H3,(H,17,18). The Bertz CT molecular complexity index is 338. The molecule has 1 N–H and O–H groups in total. The fourth-order valence-electron chi connectivity index (χ4n) is 2.09. The van der Waals surface area contributed by atoms with Crippen LogP contribution in [-0.2, 0) is 9.59 Å². The fourth-order valence-corrected chi connectivity index (χ4v) is 2.09. The van der Waals surface area contributed by atoms with Crippen molar-refractivity contribution < 1.29 is 19.1 Å². The normalized spacial score (nSPS) is 24.3. The van der Waals surface area contributed by atoms with Crippen LogP contribution in [0.5, 0.6) is 0 Å². The maximum atomic E-state index is 13.8. The highest BCUT2D eigenvalue weighted by atomic mass is 19.1. The van der Waals surface area contributed by atoms with Gasteiger partial charge in [-0.2, -0.15) is 0 Å². The molecule has 1 amide bonds. The summed E-state index contributed by atoms with van der Waals surface area (Å²) < 4.78 is 13.8. The van der Waals surface area contributed by atoms with E-state index in [4.69, 9.17) is 5.11 Å². The highest BCUT2D eigenvalue weighted by Crippen LogP contribution is 2.27. The maximum absolute atomic E-state index is 13.8. The van der Waals surface area contributed by atoms with Gasteiger partial charge in [-0.1, -0.05) is 20.8 Å². The maximum Gasteiger partial charge on any atom is 0.343 e. The zero-order valence-electron chi connectivity index (χ0n) is 11.3. The Labute approximate surface area is 107 Å². The average Bonchev–Trinajstić information content (AvgIpc) is 2.60. The third-order valence-electron chi connectivity index (χ3n) is 3.27. The van der Waals surface area contributed by atoms with Crippen LogP contribution >= 0.6 is 0 Å². The minimum Gasteiger partial charge on any atom is -0.479 e. The number of halogens is 1. The molecule has 1 fully saturated rings. The van der Waals surface area contributed by atoms with E-state index in [1.54, 1.807) is 0 Å². The summed E-state index contributed by atoms with van der Waals surface area (Å²) in [6, 6.07) is 0. The van der Waals surface area contributed by atoms with Crippen molar-refractivity contribution in [3.63, 3.8) is 0 Å². The van der Waals surface area contributed by atoms with Gasteiger partial charge in [0.15, 0.2) is 0 Å². The van der Waals surface area contributed by atoms with Crippen molar-refractivity contribution in [2.45, 2.75) is 52.1 Å². The predicted molar refractivity (Wildman–Crippen MR) is 66.0 cm³/mol. The van der Waals surface area contributed by atoms with Gasteiger partial charge in [0.05, 0.1) is 6.54 Å². The minimum absolute atomic E-state index is 0.104. The van der Waals surface area contributed by atoms with Crippen molar-refractivity contribution in [3.8, 4) is 0 Å². The Balaban J connectivity index is 2.39. The number of amides is 1. The van der Waals surface area contributed by atoms with Crippen molar-refractivity contribution in [1.29, 1.82) is 0 Å². The summed E-state index contributed by atoms with van der Waals surface area (Å²) in [6.45, 7) is 6.20. The first-order valence-electron chi connectivity index (χ1n) is 6.34. The van der Waals surface area contributed by atoms with Gasteiger partial charge in [-0.25, -0.2) is 9.18 Å². The first-order valence-corrected chi connectivity index (χ1v) is 6.34. The van der Waals surface area contributed by atoms with E-state index in [9.17, 15) is 14.0 Å². The summed E-state index contributed by atoms with van der Waals surface area (Å²) in [7, 11) is 0. The van der Waals surface area contributed by atoms with E-state index in [1.807, 2.05) is 0 Å². The first-order chi connectivity index (χ1) is 8.14. The lowest BCUT2D eigenvalue weighted by Crippen LogP contribution is -2.38. The van der Waals surface area contributed by atoms with E-state index in [0.717, 1.165) is 12.8 Å². The number of carbonyl (C=O) groups is 2. The molecule has 0 saturated carbocycles. The molecule has 0 bridgehead atoms. The SMILES string of the molecule is CC(C)(C)CCCC(=O)N1CCC(F)(C(=O)O)C1. The highest BCUT2D eigenvalue weighted by Gasteiger charge is 2.46. The molecule has 0 aromatic carbocycles. The number of carbonyl (C=O) groups excluding carboxylic acids is 1. The first kappa shape index (κ1) is 14.9. The lowest BCUT2D eigenvalue weighted by atomic mass is 9.90. The molecule has 0 aromatic heterocycles. The molecule has 104 valence electrons. The lowest BCUT2D eigenvalue weighted by molar-refractivity contribution is -0.150. The number of aliphatic carboxylic acids is 1. The van der Waals surface area contributed by atoms with Crippen LogP contribution in [0, 0.1) is 5.41 Å². The zero-order chi connectivity index (χ0) is 14.0. The summed E-state index contributed by atoms with van der Waals surface area (Å²) in [5, 5.41) is 8.74. The summed E-state index contributed by atoms with van der Waals surface area (Å²) in [5.41, 5.74) is -2.07. The quantitative estimate of drug-likeness (QED) is 0.842. The van der Waals surface area contributed by atoms with Crippen LogP contribution < -0.4 is 0 Å². The van der Waals surface area contributed by atoms with Crippen molar-refractivity contribution >= 4 is 11.9 Å². The largest absolute Gasteiger partial charge is 0.479 e. The molecule has 1 saturated heterocycles. The van der Waals surface area contributed by atoms with Crippen LogP contribution in [0.4, 0.5) is 4.39 Å². The molecule has 5 heteroatoms. The number of hydrogen-bond acceptors (Lipinski definition) is 2. The molecule has 1 atom stereocenters. The Morgan fingerprint density at radius 3 is 2.44 bits per heavy atom. The molecule has 1 aliphatic rings. The second kappa shape index (κ2) is 5.24. The van der Waals surface area contributed by atoms with E-state index in [-0.39, 0.29) is 30.8 Å². The number of hydrogen-bond donors (Lipinski definition) is 1. The van der Waals surface area contributed by atoms with Gasteiger partial charge in [0.1, 0.15) is 0 Å². The zero-order valence-corrected chi connectivity index (χ0v) is 11.3. The van der Waals surface area contributed by atoms with Crippen LogP contribution in [0.25, 0.3) is 0 Å². The van der Waals surface area contributed by atoms with Crippen LogP contribution in [0.1, 0.15) is 46.5 Å². The molecule has 0 aromatic rings. The van der Waals surface area contributed by atoms with Crippen LogP contribution in [0.2, 0.25) is 0 Å². The summed E-state index contributed by atoms with van der Waals surface area (Å²) >= 11 is 0. The highest BCUT2D eigenvalue weighted by molar-refractivity contribution is 5.82. The smallest absolute Gasteiger partial charge is 0.343 e. The van der Waals surface area contributed by atoms with Gasteiger partial charge in [-0.15, -0.1) is 0 Å². The van der Waals surface area contributed by atoms with Crippen LogP contribution in [-0.4, -0.2) is 40.6 Å². The Hall–Kier alpha value is -1.13. The van der Waals surface area contributed by atoms with Crippen molar-refractivity contribution in [2.75, 3.05) is 13.1 Å². The van der Waals surface area contributed by atoms with Crippen molar-refractivity contribution in [3.05, 3.63) is 0 Å². The van der Waals surface area contributed by atoms with E-state index in [0.29, 0.717) is 6.42 Å². The third kappa shape index (κ3) is 3.96. The van der Waals surface area contributed by atoms with E-state index in [2.05, 4.69) is 20.8 Å². The monoisotopic (exact) mass is 259 g/mol. The van der Waals surface area contributed by atoms with Crippen molar-refractivity contribution in [2.24, 2.45) is 5.41 Å². The molecule has 1 aliphatic heterocycles.